The molecule has 31 heavy (non-hydrogen) atoms. The predicted molar refractivity (Wildman–Crippen MR) is 119 cm³/mol. The Kier molecular flexibility index (Phi) is 6.42. The van der Waals surface area contributed by atoms with E-state index in [2.05, 4.69) is 5.32 Å². The SMILES string of the molecule is COc1ccc([C@H]2CCC[NH+]2CC(=O)Nc2ccc(N3CCCC3=O)cc2)c(OC)c1. The molecule has 0 aliphatic carbocycles. The average Bonchev–Trinajstić information content (AvgIpc) is 3.42. The van der Waals surface area contributed by atoms with E-state index in [-0.39, 0.29) is 17.9 Å². The highest BCUT2D eigenvalue weighted by molar-refractivity contribution is 5.96. The zero-order valence-corrected chi connectivity index (χ0v) is 18.1. The van der Waals surface area contributed by atoms with Crippen LogP contribution in [0, 0.1) is 0 Å². The third kappa shape index (κ3) is 4.66. The summed E-state index contributed by atoms with van der Waals surface area (Å²) in [5.74, 6) is 1.71. The van der Waals surface area contributed by atoms with Crippen LogP contribution in [0.2, 0.25) is 0 Å². The number of methoxy groups -OCH3 is 2. The number of hydrogen-bond donors (Lipinski definition) is 2. The van der Waals surface area contributed by atoms with Gasteiger partial charge in [-0.2, -0.15) is 0 Å². The summed E-state index contributed by atoms with van der Waals surface area (Å²) >= 11 is 0. The summed E-state index contributed by atoms with van der Waals surface area (Å²) < 4.78 is 10.9. The van der Waals surface area contributed by atoms with Crippen LogP contribution in [0.4, 0.5) is 11.4 Å². The van der Waals surface area contributed by atoms with Crippen LogP contribution in [-0.2, 0) is 9.59 Å². The fourth-order valence-electron chi connectivity index (χ4n) is 4.66. The maximum atomic E-state index is 12.7. The van der Waals surface area contributed by atoms with Crippen molar-refractivity contribution in [3.05, 3.63) is 48.0 Å². The minimum Gasteiger partial charge on any atom is -0.497 e. The molecule has 2 saturated heterocycles. The molecule has 2 aliphatic rings. The van der Waals surface area contributed by atoms with Gasteiger partial charge < -0.3 is 24.6 Å². The molecular weight excluding hydrogens is 394 g/mol. The van der Waals surface area contributed by atoms with Crippen LogP contribution in [0.5, 0.6) is 11.5 Å². The summed E-state index contributed by atoms with van der Waals surface area (Å²) in [5.41, 5.74) is 2.75. The maximum absolute atomic E-state index is 12.7. The van der Waals surface area contributed by atoms with Gasteiger partial charge in [-0.15, -0.1) is 0 Å². The Bertz CT molecular complexity index is 944. The topological polar surface area (TPSA) is 72.3 Å². The van der Waals surface area contributed by atoms with Crippen molar-refractivity contribution in [1.29, 1.82) is 0 Å². The fourth-order valence-corrected chi connectivity index (χ4v) is 4.66. The normalized spacial score (nSPS) is 20.7. The van der Waals surface area contributed by atoms with Crippen molar-refractivity contribution in [2.75, 3.05) is 44.1 Å². The minimum atomic E-state index is -0.0145. The molecule has 2 aliphatic heterocycles. The lowest BCUT2D eigenvalue weighted by molar-refractivity contribution is -0.910. The van der Waals surface area contributed by atoms with E-state index >= 15 is 0 Å². The molecule has 2 heterocycles. The third-order valence-corrected chi connectivity index (χ3v) is 6.22. The Balaban J connectivity index is 1.39. The van der Waals surface area contributed by atoms with E-state index in [9.17, 15) is 9.59 Å². The minimum absolute atomic E-state index is 0.0145. The summed E-state index contributed by atoms with van der Waals surface area (Å²) in [4.78, 5) is 27.7. The molecule has 7 nitrogen and oxygen atoms in total. The Morgan fingerprint density at radius 1 is 1.13 bits per heavy atom. The van der Waals surface area contributed by atoms with E-state index < -0.39 is 0 Å². The van der Waals surface area contributed by atoms with Crippen molar-refractivity contribution in [2.24, 2.45) is 0 Å². The van der Waals surface area contributed by atoms with Gasteiger partial charge in [0.15, 0.2) is 6.54 Å². The molecule has 1 unspecified atom stereocenters. The molecule has 2 aromatic rings. The van der Waals surface area contributed by atoms with Crippen LogP contribution < -0.4 is 24.6 Å². The maximum Gasteiger partial charge on any atom is 0.279 e. The number of quaternary nitrogens is 1. The molecule has 164 valence electrons. The number of amides is 2. The lowest BCUT2D eigenvalue weighted by Gasteiger charge is -2.23. The van der Waals surface area contributed by atoms with Gasteiger partial charge in [0.2, 0.25) is 5.91 Å². The van der Waals surface area contributed by atoms with Crippen LogP contribution in [0.3, 0.4) is 0 Å². The number of benzene rings is 2. The van der Waals surface area contributed by atoms with Crippen LogP contribution in [-0.4, -0.2) is 45.7 Å². The molecule has 2 aromatic carbocycles. The van der Waals surface area contributed by atoms with E-state index in [1.807, 2.05) is 42.5 Å². The number of nitrogens with zero attached hydrogens (tertiary/aromatic N) is 1. The van der Waals surface area contributed by atoms with E-state index in [4.69, 9.17) is 9.47 Å². The smallest absolute Gasteiger partial charge is 0.279 e. The lowest BCUT2D eigenvalue weighted by Crippen LogP contribution is -3.11. The zero-order chi connectivity index (χ0) is 21.8. The first-order valence-corrected chi connectivity index (χ1v) is 10.9. The highest BCUT2D eigenvalue weighted by Gasteiger charge is 2.33. The van der Waals surface area contributed by atoms with Gasteiger partial charge in [0.05, 0.1) is 26.3 Å². The first-order chi connectivity index (χ1) is 15.1. The van der Waals surface area contributed by atoms with Crippen molar-refractivity contribution >= 4 is 23.2 Å². The molecule has 2 amide bonds. The fraction of sp³-hybridized carbons (Fsp3) is 0.417. The molecule has 2 atom stereocenters. The number of rotatable bonds is 7. The molecule has 7 heteroatoms. The number of ether oxygens (including phenoxy) is 2. The predicted octanol–water partition coefficient (Wildman–Crippen LogP) is 2.19. The van der Waals surface area contributed by atoms with Crippen molar-refractivity contribution in [1.82, 2.24) is 0 Å². The monoisotopic (exact) mass is 424 g/mol. The molecule has 4 rings (SSSR count). The molecular formula is C24H30N3O4+. The zero-order valence-electron chi connectivity index (χ0n) is 18.1. The second-order valence-electron chi connectivity index (χ2n) is 8.13. The van der Waals surface area contributed by atoms with Gasteiger partial charge in [0.25, 0.3) is 5.91 Å². The summed E-state index contributed by atoms with van der Waals surface area (Å²) in [6, 6.07) is 13.6. The Morgan fingerprint density at radius 3 is 2.61 bits per heavy atom. The summed E-state index contributed by atoms with van der Waals surface area (Å²) in [6.07, 6.45) is 3.60. The number of hydrogen-bond acceptors (Lipinski definition) is 4. The first kappa shape index (κ1) is 21.2. The first-order valence-electron chi connectivity index (χ1n) is 10.9. The van der Waals surface area contributed by atoms with E-state index in [0.717, 1.165) is 60.8 Å². The lowest BCUT2D eigenvalue weighted by atomic mass is 10.0. The van der Waals surface area contributed by atoms with Gasteiger partial charge in [-0.05, 0) is 42.8 Å². The van der Waals surface area contributed by atoms with Crippen molar-refractivity contribution in [3.8, 4) is 11.5 Å². The molecule has 0 spiro atoms. The summed E-state index contributed by atoms with van der Waals surface area (Å²) in [7, 11) is 3.31. The second kappa shape index (κ2) is 9.39. The van der Waals surface area contributed by atoms with Crippen LogP contribution >= 0.6 is 0 Å². The van der Waals surface area contributed by atoms with Gasteiger partial charge in [0, 0.05) is 43.2 Å². The molecule has 2 N–H and O–H groups in total. The van der Waals surface area contributed by atoms with Gasteiger partial charge in [-0.1, -0.05) is 0 Å². The average molecular weight is 425 g/mol. The van der Waals surface area contributed by atoms with E-state index in [1.54, 1.807) is 19.1 Å². The largest absolute Gasteiger partial charge is 0.497 e. The van der Waals surface area contributed by atoms with Gasteiger partial charge in [-0.3, -0.25) is 9.59 Å². The number of carbonyl (C=O) groups excluding carboxylic acids is 2. The quantitative estimate of drug-likeness (QED) is 0.715. The van der Waals surface area contributed by atoms with Gasteiger partial charge in [0.1, 0.15) is 17.5 Å². The number of anilines is 2. The standard InChI is InChI=1S/C24H29N3O4/c1-30-19-11-12-20(22(15-19)31-2)21-5-3-13-26(21)16-23(28)25-17-7-9-18(10-8-17)27-14-4-6-24(27)29/h7-12,15,21H,3-6,13-14,16H2,1-2H3,(H,25,28)/p+1/t21-/m1/s1. The van der Waals surface area contributed by atoms with Crippen LogP contribution in [0.1, 0.15) is 37.3 Å². The Hall–Kier alpha value is -3.06. The number of likely N-dealkylation sites (tertiary alicyclic amines) is 1. The Labute approximate surface area is 182 Å². The molecule has 0 saturated carbocycles. The molecule has 0 radical (unpaired) electrons. The van der Waals surface area contributed by atoms with Gasteiger partial charge in [-0.25, -0.2) is 0 Å². The highest BCUT2D eigenvalue weighted by atomic mass is 16.5. The van der Waals surface area contributed by atoms with Gasteiger partial charge >= 0.3 is 0 Å². The molecule has 2 fully saturated rings. The summed E-state index contributed by atoms with van der Waals surface area (Å²) in [6.45, 7) is 2.11. The van der Waals surface area contributed by atoms with Crippen LogP contribution in [0.25, 0.3) is 0 Å². The second-order valence-corrected chi connectivity index (χ2v) is 8.13. The highest BCUT2D eigenvalue weighted by Crippen LogP contribution is 2.31. The number of carbonyl (C=O) groups is 2. The van der Waals surface area contributed by atoms with Crippen molar-refractivity contribution < 1.29 is 24.0 Å². The Morgan fingerprint density at radius 2 is 1.94 bits per heavy atom. The van der Waals surface area contributed by atoms with E-state index in [0.29, 0.717) is 13.0 Å². The summed E-state index contributed by atoms with van der Waals surface area (Å²) in [5, 5.41) is 3.00. The third-order valence-electron chi connectivity index (χ3n) is 6.22. The molecule has 0 bridgehead atoms. The number of nitrogens with one attached hydrogen (secondary N) is 2. The van der Waals surface area contributed by atoms with Crippen molar-refractivity contribution in [3.63, 3.8) is 0 Å². The molecule has 0 aromatic heterocycles. The van der Waals surface area contributed by atoms with Crippen LogP contribution in [0.15, 0.2) is 42.5 Å². The van der Waals surface area contributed by atoms with Crippen molar-refractivity contribution in [2.45, 2.75) is 31.7 Å². The van der Waals surface area contributed by atoms with E-state index in [1.165, 1.54) is 4.90 Å².